The van der Waals surface area contributed by atoms with E-state index in [0.29, 0.717) is 21.2 Å². The van der Waals surface area contributed by atoms with Gasteiger partial charge in [0.25, 0.3) is 5.91 Å². The van der Waals surface area contributed by atoms with E-state index in [1.807, 2.05) is 30.3 Å². The Kier molecular flexibility index (Phi) is 2.81. The third-order valence-electron chi connectivity index (χ3n) is 5.33. The second-order valence-electron chi connectivity index (χ2n) is 6.79. The molecule has 1 amide bonds. The van der Waals surface area contributed by atoms with Crippen LogP contribution in [0.1, 0.15) is 22.1 Å². The van der Waals surface area contributed by atoms with Crippen molar-refractivity contribution in [3.8, 4) is 0 Å². The summed E-state index contributed by atoms with van der Waals surface area (Å²) in [6, 6.07) is 11.1. The standard InChI is InChI=1S/C20H11Cl2N3O2/c21-7-1-3-11-9(5-7)13-15-16(20(27)25-19(15)26)14-10-6-8(22)2-4-12(10)24-18(14)17(13)23-11/h1-6,19,23-24,26H,(H,25,27)/t19-/m1/s1. The summed E-state index contributed by atoms with van der Waals surface area (Å²) in [4.78, 5) is 19.6. The van der Waals surface area contributed by atoms with Crippen LogP contribution in [0.4, 0.5) is 0 Å². The first-order valence-electron chi connectivity index (χ1n) is 8.39. The second kappa shape index (κ2) is 4.95. The molecule has 0 fully saturated rings. The Morgan fingerprint density at radius 1 is 0.852 bits per heavy atom. The van der Waals surface area contributed by atoms with Crippen LogP contribution in [0.5, 0.6) is 0 Å². The van der Waals surface area contributed by atoms with E-state index in [9.17, 15) is 9.90 Å². The molecule has 0 spiro atoms. The van der Waals surface area contributed by atoms with Crippen LogP contribution in [0, 0.1) is 0 Å². The normalized spacial score (nSPS) is 16.7. The minimum atomic E-state index is -1.08. The number of fused-ring (bicyclic) bond motifs is 10. The SMILES string of the molecule is O=C1N[C@H](O)c2c1c1c3cc(Cl)ccc3[nH]c1c1[nH]c3ccc(Cl)cc3c21. The number of aromatic nitrogens is 2. The number of halogens is 2. The van der Waals surface area contributed by atoms with E-state index in [0.717, 1.165) is 43.6 Å². The number of amides is 1. The molecule has 0 saturated heterocycles. The molecule has 27 heavy (non-hydrogen) atoms. The predicted molar refractivity (Wildman–Crippen MR) is 108 cm³/mol. The zero-order chi connectivity index (χ0) is 18.4. The molecule has 5 aromatic rings. The third kappa shape index (κ3) is 1.86. The number of H-pyrrole nitrogens is 2. The lowest BCUT2D eigenvalue weighted by Gasteiger charge is -2.07. The van der Waals surface area contributed by atoms with Crippen molar-refractivity contribution >= 4 is 72.7 Å². The number of rotatable bonds is 0. The quantitative estimate of drug-likeness (QED) is 0.297. The highest BCUT2D eigenvalue weighted by Crippen LogP contribution is 2.44. The van der Waals surface area contributed by atoms with Gasteiger partial charge in [-0.3, -0.25) is 4.79 Å². The predicted octanol–water partition coefficient (Wildman–Crippen LogP) is 5.00. The number of carbonyl (C=O) groups is 1. The maximum Gasteiger partial charge on any atom is 0.254 e. The fourth-order valence-corrected chi connectivity index (χ4v) is 4.62. The van der Waals surface area contributed by atoms with Crippen molar-refractivity contribution in [1.82, 2.24) is 15.3 Å². The third-order valence-corrected chi connectivity index (χ3v) is 5.80. The first-order chi connectivity index (χ1) is 13.0. The summed E-state index contributed by atoms with van der Waals surface area (Å²) < 4.78 is 0. The lowest BCUT2D eigenvalue weighted by atomic mass is 9.96. The van der Waals surface area contributed by atoms with Crippen LogP contribution >= 0.6 is 23.2 Å². The number of carbonyl (C=O) groups excluding carboxylic acids is 1. The Morgan fingerprint density at radius 3 is 2.04 bits per heavy atom. The lowest BCUT2D eigenvalue weighted by Crippen LogP contribution is -2.18. The average molecular weight is 396 g/mol. The fraction of sp³-hybridized carbons (Fsp3) is 0.0500. The molecular weight excluding hydrogens is 385 g/mol. The van der Waals surface area contributed by atoms with E-state index in [4.69, 9.17) is 23.2 Å². The second-order valence-corrected chi connectivity index (χ2v) is 7.67. The Bertz CT molecular complexity index is 1460. The molecule has 0 unspecified atom stereocenters. The summed E-state index contributed by atoms with van der Waals surface area (Å²) in [6.45, 7) is 0. The molecule has 3 aromatic carbocycles. The number of aliphatic hydroxyl groups excluding tert-OH is 1. The van der Waals surface area contributed by atoms with Gasteiger partial charge in [0.2, 0.25) is 0 Å². The summed E-state index contributed by atoms with van der Waals surface area (Å²) in [5.41, 5.74) is 4.42. The monoisotopic (exact) mass is 395 g/mol. The number of hydrogen-bond donors (Lipinski definition) is 4. The molecule has 3 heterocycles. The van der Waals surface area contributed by atoms with Crippen molar-refractivity contribution in [2.75, 3.05) is 0 Å². The highest BCUT2D eigenvalue weighted by Gasteiger charge is 2.34. The maximum absolute atomic E-state index is 12.7. The molecule has 5 nitrogen and oxygen atoms in total. The number of hydrogen-bond acceptors (Lipinski definition) is 2. The van der Waals surface area contributed by atoms with E-state index in [2.05, 4.69) is 15.3 Å². The minimum absolute atomic E-state index is 0.304. The van der Waals surface area contributed by atoms with Gasteiger partial charge in [-0.05, 0) is 36.4 Å². The zero-order valence-electron chi connectivity index (χ0n) is 13.7. The van der Waals surface area contributed by atoms with Gasteiger partial charge in [0.05, 0.1) is 16.6 Å². The molecule has 6 rings (SSSR count). The van der Waals surface area contributed by atoms with Gasteiger partial charge in [0, 0.05) is 48.2 Å². The molecule has 132 valence electrons. The number of nitrogens with one attached hydrogen (secondary N) is 3. The van der Waals surface area contributed by atoms with Crippen molar-refractivity contribution < 1.29 is 9.90 Å². The highest BCUT2D eigenvalue weighted by atomic mass is 35.5. The van der Waals surface area contributed by atoms with Crippen LogP contribution in [0.15, 0.2) is 36.4 Å². The summed E-state index contributed by atoms with van der Waals surface area (Å²) in [7, 11) is 0. The Hall–Kier alpha value is -2.73. The summed E-state index contributed by atoms with van der Waals surface area (Å²) >= 11 is 12.4. The number of aromatic amines is 2. The molecule has 1 atom stereocenters. The molecule has 0 bridgehead atoms. The van der Waals surface area contributed by atoms with Crippen LogP contribution in [0.2, 0.25) is 10.0 Å². The van der Waals surface area contributed by atoms with Gasteiger partial charge in [0.1, 0.15) is 0 Å². The van der Waals surface area contributed by atoms with Crippen molar-refractivity contribution in [3.05, 3.63) is 57.6 Å². The largest absolute Gasteiger partial charge is 0.369 e. The maximum atomic E-state index is 12.7. The van der Waals surface area contributed by atoms with E-state index >= 15 is 0 Å². The molecule has 0 radical (unpaired) electrons. The number of aliphatic hydroxyl groups is 1. The molecule has 0 aliphatic carbocycles. The van der Waals surface area contributed by atoms with Crippen molar-refractivity contribution in [1.29, 1.82) is 0 Å². The topological polar surface area (TPSA) is 80.9 Å². The minimum Gasteiger partial charge on any atom is -0.369 e. The van der Waals surface area contributed by atoms with Gasteiger partial charge >= 0.3 is 0 Å². The number of benzene rings is 3. The first-order valence-corrected chi connectivity index (χ1v) is 9.15. The van der Waals surface area contributed by atoms with Gasteiger partial charge in [-0.15, -0.1) is 0 Å². The molecule has 1 aliphatic heterocycles. The van der Waals surface area contributed by atoms with Crippen LogP contribution in [0.25, 0.3) is 43.6 Å². The summed E-state index contributed by atoms with van der Waals surface area (Å²) in [5, 5.41) is 17.7. The Labute approximate surface area is 161 Å². The van der Waals surface area contributed by atoms with Gasteiger partial charge in [-0.25, -0.2) is 0 Å². The molecule has 2 aromatic heterocycles. The average Bonchev–Trinajstić information content (AvgIpc) is 3.26. The van der Waals surface area contributed by atoms with Gasteiger partial charge in [-0.1, -0.05) is 23.2 Å². The van der Waals surface area contributed by atoms with Crippen molar-refractivity contribution in [2.24, 2.45) is 0 Å². The van der Waals surface area contributed by atoms with Crippen molar-refractivity contribution in [3.63, 3.8) is 0 Å². The van der Waals surface area contributed by atoms with E-state index in [1.165, 1.54) is 0 Å². The lowest BCUT2D eigenvalue weighted by molar-refractivity contribution is 0.0853. The molecule has 0 saturated carbocycles. The van der Waals surface area contributed by atoms with E-state index in [1.54, 1.807) is 6.07 Å². The molecule has 1 aliphatic rings. The van der Waals surface area contributed by atoms with Crippen LogP contribution < -0.4 is 5.32 Å². The summed E-state index contributed by atoms with van der Waals surface area (Å²) in [5.74, 6) is -0.304. The van der Waals surface area contributed by atoms with E-state index in [-0.39, 0.29) is 5.91 Å². The van der Waals surface area contributed by atoms with Crippen LogP contribution in [-0.4, -0.2) is 21.0 Å². The van der Waals surface area contributed by atoms with Crippen LogP contribution in [-0.2, 0) is 0 Å². The first kappa shape index (κ1) is 15.3. The highest BCUT2D eigenvalue weighted by molar-refractivity contribution is 6.35. The Balaban J connectivity index is 1.98. The molecule has 7 heteroatoms. The van der Waals surface area contributed by atoms with E-state index < -0.39 is 6.23 Å². The summed E-state index contributed by atoms with van der Waals surface area (Å²) in [6.07, 6.45) is -1.08. The zero-order valence-corrected chi connectivity index (χ0v) is 15.2. The molecule has 4 N–H and O–H groups in total. The van der Waals surface area contributed by atoms with Gasteiger partial charge in [-0.2, -0.15) is 0 Å². The van der Waals surface area contributed by atoms with Crippen LogP contribution in [0.3, 0.4) is 0 Å². The Morgan fingerprint density at radius 2 is 1.41 bits per heavy atom. The van der Waals surface area contributed by atoms with Gasteiger partial charge in [0.15, 0.2) is 6.23 Å². The van der Waals surface area contributed by atoms with Gasteiger partial charge < -0.3 is 20.4 Å². The fourth-order valence-electron chi connectivity index (χ4n) is 4.28. The smallest absolute Gasteiger partial charge is 0.254 e. The molecular formula is C20H11Cl2N3O2. The van der Waals surface area contributed by atoms with Crippen molar-refractivity contribution in [2.45, 2.75) is 6.23 Å².